The van der Waals surface area contributed by atoms with Gasteiger partial charge in [0.25, 0.3) is 0 Å². The lowest BCUT2D eigenvalue weighted by molar-refractivity contribution is 0.315. The number of rotatable bonds is 5. The number of pyridine rings is 2. The summed E-state index contributed by atoms with van der Waals surface area (Å²) < 4.78 is 26.5. The fourth-order valence-electron chi connectivity index (χ4n) is 3.82. The zero-order chi connectivity index (χ0) is 20.4. The molecule has 0 radical (unpaired) electrons. The van der Waals surface area contributed by atoms with Gasteiger partial charge in [-0.2, -0.15) is 0 Å². The van der Waals surface area contributed by atoms with Crippen LogP contribution < -0.4 is 0 Å². The number of hydrogen-bond acceptors (Lipinski definition) is 6. The van der Waals surface area contributed by atoms with Gasteiger partial charge in [0.05, 0.1) is 5.75 Å². The highest BCUT2D eigenvalue weighted by Crippen LogP contribution is 2.30. The molecule has 3 aromatic heterocycles. The third-order valence-corrected chi connectivity index (χ3v) is 7.51. The van der Waals surface area contributed by atoms with Gasteiger partial charge in [0.1, 0.15) is 6.33 Å². The lowest BCUT2D eigenvalue weighted by atomic mass is 9.94. The second-order valence-corrected chi connectivity index (χ2v) is 9.99. The Bertz CT molecular complexity index is 1090. The van der Waals surface area contributed by atoms with Gasteiger partial charge in [0.2, 0.25) is 10.0 Å². The van der Waals surface area contributed by atoms with E-state index in [4.69, 9.17) is 4.98 Å². The quantitative estimate of drug-likeness (QED) is 0.640. The lowest BCUT2D eigenvalue weighted by Gasteiger charge is -2.31. The molecule has 0 aliphatic carbocycles. The summed E-state index contributed by atoms with van der Waals surface area (Å²) >= 11 is 0. The summed E-state index contributed by atoms with van der Waals surface area (Å²) in [4.78, 5) is 17.4. The largest absolute Gasteiger partial charge is 0.244 e. The van der Waals surface area contributed by atoms with E-state index in [0.29, 0.717) is 18.7 Å². The van der Waals surface area contributed by atoms with E-state index in [9.17, 15) is 8.42 Å². The number of piperidine rings is 1. The summed E-state index contributed by atoms with van der Waals surface area (Å²) in [5.74, 6) is 0.608. The maximum Gasteiger partial charge on any atom is 0.214 e. The first kappa shape index (κ1) is 19.8. The standard InChI is InChI=1S/C21H25N5O2S/c1-15(2)13-29(27,28)26-7-5-16(6-8-26)20-4-3-17-9-18(12-24-21(17)25-20)19-10-22-14-23-11-19/h3-4,9-12,14-16H,5-8,13H2,1-2H3. The van der Waals surface area contributed by atoms with E-state index in [0.717, 1.165) is 35.0 Å². The highest BCUT2D eigenvalue weighted by molar-refractivity contribution is 7.89. The van der Waals surface area contributed by atoms with E-state index in [1.165, 1.54) is 6.33 Å². The molecule has 0 amide bonds. The molecule has 29 heavy (non-hydrogen) atoms. The molecule has 3 aromatic rings. The predicted molar refractivity (Wildman–Crippen MR) is 113 cm³/mol. The van der Waals surface area contributed by atoms with Crippen molar-refractivity contribution < 1.29 is 8.42 Å². The van der Waals surface area contributed by atoms with Gasteiger partial charge >= 0.3 is 0 Å². The lowest BCUT2D eigenvalue weighted by Crippen LogP contribution is -2.40. The molecule has 0 atom stereocenters. The third-order valence-electron chi connectivity index (χ3n) is 5.27. The maximum atomic E-state index is 12.5. The van der Waals surface area contributed by atoms with E-state index in [1.54, 1.807) is 22.9 Å². The second kappa shape index (κ2) is 8.12. The zero-order valence-corrected chi connectivity index (χ0v) is 17.5. The maximum absolute atomic E-state index is 12.5. The summed E-state index contributed by atoms with van der Waals surface area (Å²) in [6, 6.07) is 6.12. The Morgan fingerprint density at radius 3 is 2.48 bits per heavy atom. The fourth-order valence-corrected chi connectivity index (χ4v) is 5.64. The van der Waals surface area contributed by atoms with Gasteiger partial charge in [0.15, 0.2) is 5.65 Å². The topological polar surface area (TPSA) is 88.9 Å². The van der Waals surface area contributed by atoms with E-state index < -0.39 is 10.0 Å². The van der Waals surface area contributed by atoms with E-state index >= 15 is 0 Å². The van der Waals surface area contributed by atoms with E-state index in [-0.39, 0.29) is 17.6 Å². The van der Waals surface area contributed by atoms with Gasteiger partial charge in [-0.1, -0.05) is 13.8 Å². The molecule has 1 fully saturated rings. The summed E-state index contributed by atoms with van der Waals surface area (Å²) in [6.45, 7) is 4.98. The fraction of sp³-hybridized carbons (Fsp3) is 0.429. The zero-order valence-electron chi connectivity index (χ0n) is 16.7. The van der Waals surface area contributed by atoms with Crippen LogP contribution in [0.4, 0.5) is 0 Å². The predicted octanol–water partition coefficient (Wildman–Crippen LogP) is 3.25. The Kier molecular flexibility index (Phi) is 5.56. The van der Waals surface area contributed by atoms with Crippen LogP contribution in [-0.2, 0) is 10.0 Å². The van der Waals surface area contributed by atoms with Crippen molar-refractivity contribution in [1.82, 2.24) is 24.2 Å². The first-order valence-corrected chi connectivity index (χ1v) is 11.5. The smallest absolute Gasteiger partial charge is 0.214 e. The van der Waals surface area contributed by atoms with Gasteiger partial charge in [-0.25, -0.2) is 32.7 Å². The van der Waals surface area contributed by atoms with Crippen LogP contribution in [0.1, 0.15) is 38.3 Å². The van der Waals surface area contributed by atoms with Crippen LogP contribution in [0.3, 0.4) is 0 Å². The molecular formula is C21H25N5O2S. The van der Waals surface area contributed by atoms with E-state index in [2.05, 4.69) is 15.0 Å². The number of sulfonamides is 1. The van der Waals surface area contributed by atoms with Crippen molar-refractivity contribution in [2.45, 2.75) is 32.6 Å². The number of fused-ring (bicyclic) bond motifs is 1. The number of aromatic nitrogens is 4. The van der Waals surface area contributed by atoms with Crippen LogP contribution in [-0.4, -0.2) is 51.5 Å². The average molecular weight is 412 g/mol. The van der Waals surface area contributed by atoms with Crippen molar-refractivity contribution in [3.8, 4) is 11.1 Å². The SMILES string of the molecule is CC(C)CS(=O)(=O)N1CCC(c2ccc3cc(-c4cncnc4)cnc3n2)CC1. The summed E-state index contributed by atoms with van der Waals surface area (Å²) in [7, 11) is -3.16. The molecule has 0 saturated carbocycles. The summed E-state index contributed by atoms with van der Waals surface area (Å²) in [5, 5.41) is 0.965. The first-order chi connectivity index (χ1) is 13.9. The molecule has 7 nitrogen and oxygen atoms in total. The van der Waals surface area contributed by atoms with Crippen LogP contribution in [0, 0.1) is 5.92 Å². The van der Waals surface area contributed by atoms with Gasteiger partial charge in [-0.05, 0) is 37.0 Å². The molecule has 0 bridgehead atoms. The monoisotopic (exact) mass is 411 g/mol. The average Bonchev–Trinajstić information content (AvgIpc) is 2.73. The molecule has 1 aliphatic rings. The molecule has 0 spiro atoms. The van der Waals surface area contributed by atoms with Crippen LogP contribution in [0.15, 0.2) is 43.1 Å². The Labute approximate surface area is 171 Å². The van der Waals surface area contributed by atoms with Crippen molar-refractivity contribution in [1.29, 1.82) is 0 Å². The van der Waals surface area contributed by atoms with Crippen molar-refractivity contribution in [3.63, 3.8) is 0 Å². The van der Waals surface area contributed by atoms with Crippen LogP contribution >= 0.6 is 0 Å². The van der Waals surface area contributed by atoms with Gasteiger partial charge in [-0.15, -0.1) is 0 Å². The molecule has 0 N–H and O–H groups in total. The number of nitrogens with zero attached hydrogens (tertiary/aromatic N) is 5. The van der Waals surface area contributed by atoms with Crippen molar-refractivity contribution in [2.75, 3.05) is 18.8 Å². The molecule has 4 rings (SSSR count). The normalized spacial score (nSPS) is 16.5. The molecule has 0 aromatic carbocycles. The highest BCUT2D eigenvalue weighted by Gasteiger charge is 2.29. The molecule has 0 unspecified atom stereocenters. The van der Waals surface area contributed by atoms with Crippen molar-refractivity contribution in [3.05, 3.63) is 48.8 Å². The first-order valence-electron chi connectivity index (χ1n) is 9.92. The van der Waals surface area contributed by atoms with Crippen molar-refractivity contribution >= 4 is 21.1 Å². The molecular weight excluding hydrogens is 386 g/mol. The van der Waals surface area contributed by atoms with Gasteiger partial charge < -0.3 is 0 Å². The Balaban J connectivity index is 1.49. The second-order valence-electron chi connectivity index (χ2n) is 7.98. The molecule has 8 heteroatoms. The Hall–Kier alpha value is -2.45. The van der Waals surface area contributed by atoms with E-state index in [1.807, 2.05) is 32.0 Å². The van der Waals surface area contributed by atoms with Gasteiger partial charge in [0, 0.05) is 59.8 Å². The Morgan fingerprint density at radius 1 is 1.07 bits per heavy atom. The van der Waals surface area contributed by atoms with Gasteiger partial charge in [-0.3, -0.25) is 0 Å². The third kappa shape index (κ3) is 4.43. The minimum Gasteiger partial charge on any atom is -0.244 e. The minimum atomic E-state index is -3.16. The van der Waals surface area contributed by atoms with Crippen LogP contribution in [0.2, 0.25) is 0 Å². The Morgan fingerprint density at radius 2 is 1.79 bits per heavy atom. The molecule has 4 heterocycles. The number of hydrogen-bond donors (Lipinski definition) is 0. The highest BCUT2D eigenvalue weighted by atomic mass is 32.2. The summed E-state index contributed by atoms with van der Waals surface area (Å²) in [6.07, 6.45) is 8.39. The molecule has 152 valence electrons. The summed E-state index contributed by atoms with van der Waals surface area (Å²) in [5.41, 5.74) is 3.57. The molecule has 1 aliphatic heterocycles. The van der Waals surface area contributed by atoms with Crippen LogP contribution in [0.25, 0.3) is 22.2 Å². The minimum absolute atomic E-state index is 0.137. The molecule has 1 saturated heterocycles. The van der Waals surface area contributed by atoms with Crippen molar-refractivity contribution in [2.24, 2.45) is 5.92 Å². The van der Waals surface area contributed by atoms with Crippen LogP contribution in [0.5, 0.6) is 0 Å².